The molecule has 0 fully saturated rings. The fraction of sp³-hybridized carbons (Fsp3) is 0.233. The van der Waals surface area contributed by atoms with Crippen molar-refractivity contribution in [2.45, 2.75) is 25.8 Å². The van der Waals surface area contributed by atoms with Crippen molar-refractivity contribution in [3.63, 3.8) is 0 Å². The lowest BCUT2D eigenvalue weighted by atomic mass is 10.1. The Bertz CT molecular complexity index is 1290. The largest absolute Gasteiger partial charge is 0.497 e. The van der Waals surface area contributed by atoms with E-state index in [0.717, 1.165) is 71.0 Å². The van der Waals surface area contributed by atoms with Crippen molar-refractivity contribution in [2.75, 3.05) is 20.8 Å². The van der Waals surface area contributed by atoms with E-state index in [9.17, 15) is 0 Å². The number of aryl methyl sites for hydroxylation is 1. The standard InChI is InChI=1S/C30H32N2O3/c1-4-9-24-14-18-28(29(22-24)34-3)35-21-8-7-20-32-27-11-6-5-10-26(27)31-30(32)19-15-23-12-16-25(33-2)17-13-23/h4-6,10-19,22H,1,7-9,20-21H2,2-3H3/b19-15+. The van der Waals surface area contributed by atoms with E-state index in [0.29, 0.717) is 6.61 Å². The van der Waals surface area contributed by atoms with Crippen LogP contribution in [-0.2, 0) is 13.0 Å². The Morgan fingerprint density at radius 3 is 2.49 bits per heavy atom. The zero-order valence-electron chi connectivity index (χ0n) is 20.4. The molecule has 35 heavy (non-hydrogen) atoms. The number of rotatable bonds is 12. The molecule has 0 aliphatic rings. The molecule has 4 aromatic rings. The fourth-order valence-electron chi connectivity index (χ4n) is 4.02. The number of aromatic nitrogens is 2. The van der Waals surface area contributed by atoms with Crippen LogP contribution in [0.3, 0.4) is 0 Å². The lowest BCUT2D eigenvalue weighted by Gasteiger charge is -2.12. The quantitative estimate of drug-likeness (QED) is 0.169. The van der Waals surface area contributed by atoms with Gasteiger partial charge in [-0.3, -0.25) is 0 Å². The molecule has 0 radical (unpaired) electrons. The highest BCUT2D eigenvalue weighted by molar-refractivity contribution is 5.79. The molecule has 0 amide bonds. The van der Waals surface area contributed by atoms with Crippen LogP contribution in [0, 0.1) is 0 Å². The molecule has 0 N–H and O–H groups in total. The molecule has 0 aliphatic carbocycles. The Morgan fingerprint density at radius 2 is 1.71 bits per heavy atom. The molecule has 0 bridgehead atoms. The van der Waals surface area contributed by atoms with E-state index in [1.807, 2.05) is 48.5 Å². The maximum absolute atomic E-state index is 6.02. The van der Waals surface area contributed by atoms with E-state index < -0.39 is 0 Å². The van der Waals surface area contributed by atoms with Crippen LogP contribution >= 0.6 is 0 Å². The van der Waals surface area contributed by atoms with Gasteiger partial charge >= 0.3 is 0 Å². The van der Waals surface area contributed by atoms with Crippen LogP contribution in [0.25, 0.3) is 23.2 Å². The summed E-state index contributed by atoms with van der Waals surface area (Å²) in [6, 6.07) is 22.3. The first kappa shape index (κ1) is 24.1. The number of para-hydroxylation sites is 2. The van der Waals surface area contributed by atoms with E-state index in [2.05, 4.69) is 47.6 Å². The van der Waals surface area contributed by atoms with E-state index in [4.69, 9.17) is 19.2 Å². The molecular weight excluding hydrogens is 436 g/mol. The Labute approximate surface area is 207 Å². The molecule has 5 heteroatoms. The number of imidazole rings is 1. The van der Waals surface area contributed by atoms with E-state index in [-0.39, 0.29) is 0 Å². The highest BCUT2D eigenvalue weighted by atomic mass is 16.5. The monoisotopic (exact) mass is 468 g/mol. The minimum atomic E-state index is 0.626. The van der Waals surface area contributed by atoms with Crippen LogP contribution < -0.4 is 14.2 Å². The first-order valence-electron chi connectivity index (χ1n) is 11.9. The Balaban J connectivity index is 1.40. The molecule has 0 saturated heterocycles. The van der Waals surface area contributed by atoms with Gasteiger partial charge in [-0.05, 0) is 72.9 Å². The van der Waals surface area contributed by atoms with Crippen molar-refractivity contribution >= 4 is 23.2 Å². The summed E-state index contributed by atoms with van der Waals surface area (Å²) < 4.78 is 19.1. The van der Waals surface area contributed by atoms with Crippen LogP contribution in [0.5, 0.6) is 17.2 Å². The van der Waals surface area contributed by atoms with Gasteiger partial charge in [-0.1, -0.05) is 42.5 Å². The average Bonchev–Trinajstić information content (AvgIpc) is 3.25. The average molecular weight is 469 g/mol. The summed E-state index contributed by atoms with van der Waals surface area (Å²) in [5, 5.41) is 0. The van der Waals surface area contributed by atoms with Gasteiger partial charge in [0.15, 0.2) is 11.5 Å². The van der Waals surface area contributed by atoms with Gasteiger partial charge in [-0.25, -0.2) is 4.98 Å². The van der Waals surface area contributed by atoms with E-state index in [1.54, 1.807) is 14.2 Å². The summed E-state index contributed by atoms with van der Waals surface area (Å²) in [4.78, 5) is 4.85. The molecule has 0 atom stereocenters. The van der Waals surface area contributed by atoms with E-state index >= 15 is 0 Å². The van der Waals surface area contributed by atoms with Crippen molar-refractivity contribution < 1.29 is 14.2 Å². The van der Waals surface area contributed by atoms with Gasteiger partial charge in [-0.2, -0.15) is 0 Å². The number of fused-ring (bicyclic) bond motifs is 1. The first-order valence-corrected chi connectivity index (χ1v) is 11.9. The van der Waals surface area contributed by atoms with Gasteiger partial charge in [0.1, 0.15) is 11.6 Å². The molecule has 0 unspecified atom stereocenters. The van der Waals surface area contributed by atoms with Gasteiger partial charge in [0, 0.05) is 6.54 Å². The zero-order valence-corrected chi connectivity index (χ0v) is 20.4. The van der Waals surface area contributed by atoms with E-state index in [1.165, 1.54) is 0 Å². The summed E-state index contributed by atoms with van der Waals surface area (Å²) in [6.45, 7) is 5.28. The number of hydrogen-bond donors (Lipinski definition) is 0. The summed E-state index contributed by atoms with van der Waals surface area (Å²) in [5.74, 6) is 3.33. The highest BCUT2D eigenvalue weighted by Gasteiger charge is 2.09. The van der Waals surface area contributed by atoms with Crippen LogP contribution in [0.4, 0.5) is 0 Å². The van der Waals surface area contributed by atoms with Crippen molar-refractivity contribution in [3.05, 3.63) is 96.3 Å². The summed E-state index contributed by atoms with van der Waals surface area (Å²) in [5.41, 5.74) is 4.40. The third kappa shape index (κ3) is 6.12. The van der Waals surface area contributed by atoms with Gasteiger partial charge in [0.25, 0.3) is 0 Å². The predicted molar refractivity (Wildman–Crippen MR) is 143 cm³/mol. The number of methoxy groups -OCH3 is 2. The Hall–Kier alpha value is -3.99. The molecule has 3 aromatic carbocycles. The predicted octanol–water partition coefficient (Wildman–Crippen LogP) is 6.81. The fourth-order valence-corrected chi connectivity index (χ4v) is 4.02. The van der Waals surface area contributed by atoms with Gasteiger partial charge < -0.3 is 18.8 Å². The second-order valence-electron chi connectivity index (χ2n) is 8.25. The van der Waals surface area contributed by atoms with Gasteiger partial charge in [0.2, 0.25) is 0 Å². The van der Waals surface area contributed by atoms with Crippen LogP contribution in [0.2, 0.25) is 0 Å². The lowest BCUT2D eigenvalue weighted by molar-refractivity contribution is 0.284. The molecule has 0 spiro atoms. The van der Waals surface area contributed by atoms with Crippen molar-refractivity contribution in [1.82, 2.24) is 9.55 Å². The summed E-state index contributed by atoms with van der Waals surface area (Å²) in [6.07, 6.45) is 8.75. The Morgan fingerprint density at radius 1 is 0.886 bits per heavy atom. The van der Waals surface area contributed by atoms with Crippen LogP contribution in [-0.4, -0.2) is 30.4 Å². The summed E-state index contributed by atoms with van der Waals surface area (Å²) in [7, 11) is 3.35. The van der Waals surface area contributed by atoms with Crippen molar-refractivity contribution in [2.24, 2.45) is 0 Å². The number of benzene rings is 3. The third-order valence-electron chi connectivity index (χ3n) is 5.87. The van der Waals surface area contributed by atoms with Gasteiger partial charge in [0.05, 0.1) is 31.9 Å². The number of unbranched alkanes of at least 4 members (excludes halogenated alkanes) is 1. The second-order valence-corrected chi connectivity index (χ2v) is 8.25. The molecule has 180 valence electrons. The van der Waals surface area contributed by atoms with Crippen LogP contribution in [0.1, 0.15) is 29.8 Å². The SMILES string of the molecule is C=CCc1ccc(OCCCCn2c(/C=C/c3ccc(OC)cc3)nc3ccccc32)c(OC)c1. The third-order valence-corrected chi connectivity index (χ3v) is 5.87. The van der Waals surface area contributed by atoms with Crippen LogP contribution in [0.15, 0.2) is 79.4 Å². The molecule has 0 saturated carbocycles. The molecular formula is C30H32N2O3. The minimum absolute atomic E-state index is 0.626. The first-order chi connectivity index (χ1) is 17.2. The molecule has 4 rings (SSSR count). The lowest BCUT2D eigenvalue weighted by Crippen LogP contribution is -2.04. The van der Waals surface area contributed by atoms with Crippen molar-refractivity contribution in [1.29, 1.82) is 0 Å². The number of hydrogen-bond acceptors (Lipinski definition) is 4. The molecule has 5 nitrogen and oxygen atoms in total. The second kappa shape index (κ2) is 11.9. The number of nitrogens with zero attached hydrogens (tertiary/aromatic N) is 2. The number of ether oxygens (including phenoxy) is 3. The molecule has 1 heterocycles. The van der Waals surface area contributed by atoms with Gasteiger partial charge in [-0.15, -0.1) is 6.58 Å². The highest BCUT2D eigenvalue weighted by Crippen LogP contribution is 2.28. The normalized spacial score (nSPS) is 11.1. The number of allylic oxidation sites excluding steroid dienone is 1. The maximum atomic E-state index is 6.02. The topological polar surface area (TPSA) is 45.5 Å². The van der Waals surface area contributed by atoms with Crippen molar-refractivity contribution in [3.8, 4) is 17.2 Å². The summed E-state index contributed by atoms with van der Waals surface area (Å²) >= 11 is 0. The zero-order chi connectivity index (χ0) is 24.5. The minimum Gasteiger partial charge on any atom is -0.497 e. The Kier molecular flexibility index (Phi) is 8.23. The smallest absolute Gasteiger partial charge is 0.161 e. The molecule has 0 aliphatic heterocycles. The maximum Gasteiger partial charge on any atom is 0.161 e. The molecule has 1 aromatic heterocycles.